The summed E-state index contributed by atoms with van der Waals surface area (Å²) in [6.45, 7) is 11.9. The maximum Gasteiger partial charge on any atom is 0.264 e. The molecule has 1 N–H and O–H groups in total. The van der Waals surface area contributed by atoms with Crippen LogP contribution < -0.4 is 9.62 Å². The number of anilines is 1. The predicted octanol–water partition coefficient (Wildman–Crippen LogP) is 5.67. The number of carbonyl (C=O) groups excluding carboxylic acids is 1. The van der Waals surface area contributed by atoms with Crippen molar-refractivity contribution in [2.45, 2.75) is 57.9 Å². The van der Waals surface area contributed by atoms with Gasteiger partial charge in [-0.1, -0.05) is 80.9 Å². The summed E-state index contributed by atoms with van der Waals surface area (Å²) in [5.41, 5.74) is 4.53. The molecular formula is C28H34N2O3S. The van der Waals surface area contributed by atoms with Gasteiger partial charge in [0.05, 0.1) is 16.6 Å². The first-order valence-corrected chi connectivity index (χ1v) is 12.9. The van der Waals surface area contributed by atoms with Gasteiger partial charge in [-0.3, -0.25) is 9.10 Å². The molecule has 1 amide bonds. The molecule has 3 rings (SSSR count). The van der Waals surface area contributed by atoms with Crippen molar-refractivity contribution in [1.29, 1.82) is 0 Å². The van der Waals surface area contributed by atoms with Gasteiger partial charge in [-0.15, -0.1) is 0 Å². The van der Waals surface area contributed by atoms with Crippen molar-refractivity contribution < 1.29 is 13.2 Å². The number of carbonyl (C=O) groups is 1. The Morgan fingerprint density at radius 2 is 1.56 bits per heavy atom. The first-order chi connectivity index (χ1) is 15.9. The number of aryl methyl sites for hydroxylation is 2. The van der Waals surface area contributed by atoms with Crippen LogP contribution in [0, 0.1) is 13.8 Å². The van der Waals surface area contributed by atoms with E-state index in [-0.39, 0.29) is 28.8 Å². The summed E-state index contributed by atoms with van der Waals surface area (Å²) in [6.07, 6.45) is 0. The van der Waals surface area contributed by atoms with Crippen molar-refractivity contribution >= 4 is 21.6 Å². The molecule has 0 radical (unpaired) electrons. The molecule has 3 aromatic carbocycles. The number of nitrogens with zero attached hydrogens (tertiary/aromatic N) is 1. The van der Waals surface area contributed by atoms with Crippen LogP contribution in [0.25, 0.3) is 0 Å². The highest BCUT2D eigenvalue weighted by Gasteiger charge is 2.28. The molecule has 0 saturated carbocycles. The number of rotatable bonds is 7. The summed E-state index contributed by atoms with van der Waals surface area (Å²) in [4.78, 5) is 13.2. The predicted molar refractivity (Wildman–Crippen MR) is 139 cm³/mol. The van der Waals surface area contributed by atoms with E-state index in [1.807, 2.05) is 45.0 Å². The topological polar surface area (TPSA) is 66.5 Å². The maximum atomic E-state index is 13.5. The minimum absolute atomic E-state index is 0.0449. The van der Waals surface area contributed by atoms with E-state index < -0.39 is 10.0 Å². The van der Waals surface area contributed by atoms with Crippen molar-refractivity contribution in [2.24, 2.45) is 0 Å². The average molecular weight is 479 g/mol. The monoisotopic (exact) mass is 478 g/mol. The molecule has 0 fully saturated rings. The summed E-state index contributed by atoms with van der Waals surface area (Å²) >= 11 is 0. The van der Waals surface area contributed by atoms with Crippen molar-refractivity contribution in [3.8, 4) is 0 Å². The largest absolute Gasteiger partial charge is 0.348 e. The minimum atomic E-state index is -3.93. The van der Waals surface area contributed by atoms with E-state index in [0.29, 0.717) is 5.69 Å². The van der Waals surface area contributed by atoms with Gasteiger partial charge in [-0.2, -0.15) is 0 Å². The lowest BCUT2D eigenvalue weighted by Gasteiger charge is -2.27. The molecule has 1 atom stereocenters. The molecule has 5 nitrogen and oxygen atoms in total. The number of amides is 1. The third-order valence-corrected chi connectivity index (χ3v) is 7.67. The smallest absolute Gasteiger partial charge is 0.264 e. The Morgan fingerprint density at radius 1 is 0.941 bits per heavy atom. The summed E-state index contributed by atoms with van der Waals surface area (Å²) in [7, 11) is -3.93. The highest BCUT2D eigenvalue weighted by Crippen LogP contribution is 2.28. The molecule has 0 aromatic heterocycles. The number of nitrogens with one attached hydrogen (secondary N) is 1. The summed E-state index contributed by atoms with van der Waals surface area (Å²) in [6, 6.07) is 21.6. The van der Waals surface area contributed by atoms with E-state index in [0.717, 1.165) is 16.7 Å². The van der Waals surface area contributed by atoms with Crippen LogP contribution in [-0.4, -0.2) is 20.9 Å². The maximum absolute atomic E-state index is 13.5. The van der Waals surface area contributed by atoms with Gasteiger partial charge in [0.15, 0.2) is 0 Å². The highest BCUT2D eigenvalue weighted by atomic mass is 32.2. The van der Waals surface area contributed by atoms with Gasteiger partial charge in [-0.05, 0) is 61.1 Å². The van der Waals surface area contributed by atoms with E-state index in [1.54, 1.807) is 36.4 Å². The lowest BCUT2D eigenvalue weighted by atomic mass is 9.86. The Hall–Kier alpha value is -3.12. The van der Waals surface area contributed by atoms with Crippen LogP contribution >= 0.6 is 0 Å². The first kappa shape index (κ1) is 25.5. The fourth-order valence-corrected chi connectivity index (χ4v) is 5.38. The van der Waals surface area contributed by atoms with Gasteiger partial charge < -0.3 is 5.32 Å². The van der Waals surface area contributed by atoms with Crippen LogP contribution in [0.4, 0.5) is 5.69 Å². The Bertz CT molecular complexity index is 1250. The van der Waals surface area contributed by atoms with Gasteiger partial charge in [0.25, 0.3) is 10.0 Å². The SMILES string of the molecule is Cc1ccc(N(CC(=O)N[C@@H](C)c2ccc(C(C)(C)C)cc2)S(=O)(=O)c2ccccc2)c(C)c1. The standard InChI is InChI=1S/C28H34N2O3S/c1-20-12-17-26(21(2)18-20)30(34(32,33)25-10-8-7-9-11-25)19-27(31)29-22(3)23-13-15-24(16-14-23)28(4,5)6/h7-18,22H,19H2,1-6H3,(H,29,31)/t22-/m0/s1. The first-order valence-electron chi connectivity index (χ1n) is 11.4. The Morgan fingerprint density at radius 3 is 2.12 bits per heavy atom. The summed E-state index contributed by atoms with van der Waals surface area (Å²) < 4.78 is 28.3. The third kappa shape index (κ3) is 5.86. The van der Waals surface area contributed by atoms with Gasteiger partial charge >= 0.3 is 0 Å². The van der Waals surface area contributed by atoms with Crippen LogP contribution in [0.3, 0.4) is 0 Å². The van der Waals surface area contributed by atoms with E-state index in [1.165, 1.54) is 9.87 Å². The van der Waals surface area contributed by atoms with Crippen molar-refractivity contribution in [1.82, 2.24) is 5.32 Å². The number of hydrogen-bond donors (Lipinski definition) is 1. The average Bonchev–Trinajstić information content (AvgIpc) is 2.78. The third-order valence-electron chi connectivity index (χ3n) is 5.89. The number of benzene rings is 3. The van der Waals surface area contributed by atoms with Gasteiger partial charge in [0, 0.05) is 0 Å². The quantitative estimate of drug-likeness (QED) is 0.475. The van der Waals surface area contributed by atoms with E-state index in [9.17, 15) is 13.2 Å². The van der Waals surface area contributed by atoms with Gasteiger partial charge in [0.2, 0.25) is 5.91 Å². The summed E-state index contributed by atoms with van der Waals surface area (Å²) in [5.74, 6) is -0.369. The number of sulfonamides is 1. The molecule has 6 heteroatoms. The molecule has 34 heavy (non-hydrogen) atoms. The van der Waals surface area contributed by atoms with Crippen LogP contribution in [0.5, 0.6) is 0 Å². The summed E-state index contributed by atoms with van der Waals surface area (Å²) in [5, 5.41) is 2.96. The molecular weight excluding hydrogens is 444 g/mol. The fraction of sp³-hybridized carbons (Fsp3) is 0.321. The van der Waals surface area contributed by atoms with Crippen molar-refractivity contribution in [3.05, 3.63) is 95.1 Å². The lowest BCUT2D eigenvalue weighted by molar-refractivity contribution is -0.120. The molecule has 0 aliphatic heterocycles. The Kier molecular flexibility index (Phi) is 7.51. The van der Waals surface area contributed by atoms with E-state index in [4.69, 9.17) is 0 Å². The molecule has 0 spiro atoms. The zero-order valence-corrected chi connectivity index (χ0v) is 21.6. The molecule has 0 saturated heterocycles. The van der Waals surface area contributed by atoms with Crippen LogP contribution in [0.2, 0.25) is 0 Å². The molecule has 0 aliphatic carbocycles. The molecule has 0 aliphatic rings. The van der Waals surface area contributed by atoms with Crippen LogP contribution in [0.15, 0.2) is 77.7 Å². The minimum Gasteiger partial charge on any atom is -0.348 e. The Labute approximate surface area is 203 Å². The zero-order valence-electron chi connectivity index (χ0n) is 20.8. The Balaban J connectivity index is 1.87. The number of hydrogen-bond acceptors (Lipinski definition) is 3. The van der Waals surface area contributed by atoms with Crippen molar-refractivity contribution in [2.75, 3.05) is 10.8 Å². The molecule has 0 bridgehead atoms. The second-order valence-electron chi connectivity index (χ2n) is 9.78. The van der Waals surface area contributed by atoms with E-state index >= 15 is 0 Å². The second-order valence-corrected chi connectivity index (χ2v) is 11.6. The molecule has 3 aromatic rings. The molecule has 180 valence electrons. The van der Waals surface area contributed by atoms with Gasteiger partial charge in [0.1, 0.15) is 6.54 Å². The molecule has 0 unspecified atom stereocenters. The van der Waals surface area contributed by atoms with Crippen LogP contribution in [-0.2, 0) is 20.2 Å². The zero-order chi connectivity index (χ0) is 25.1. The fourth-order valence-electron chi connectivity index (χ4n) is 3.88. The van der Waals surface area contributed by atoms with E-state index in [2.05, 4.69) is 38.2 Å². The second kappa shape index (κ2) is 10.0. The van der Waals surface area contributed by atoms with Crippen LogP contribution in [0.1, 0.15) is 56.0 Å². The molecule has 0 heterocycles. The van der Waals surface area contributed by atoms with Crippen molar-refractivity contribution in [3.63, 3.8) is 0 Å². The lowest BCUT2D eigenvalue weighted by Crippen LogP contribution is -2.42. The normalized spacial score (nSPS) is 12.8. The highest BCUT2D eigenvalue weighted by molar-refractivity contribution is 7.92. The van der Waals surface area contributed by atoms with Gasteiger partial charge in [-0.25, -0.2) is 8.42 Å².